The molecule has 1 aliphatic carbocycles. The third kappa shape index (κ3) is 3.01. The lowest BCUT2D eigenvalue weighted by molar-refractivity contribution is -0.121. The Hall–Kier alpha value is -1.00. The number of nitrogens with one attached hydrogen (secondary N) is 2. The van der Waals surface area contributed by atoms with Crippen molar-refractivity contribution in [1.82, 2.24) is 5.32 Å². The summed E-state index contributed by atoms with van der Waals surface area (Å²) >= 11 is 3.95. The number of carbonyl (C=O) groups is 1. The lowest BCUT2D eigenvalue weighted by atomic mass is 10.0. The summed E-state index contributed by atoms with van der Waals surface area (Å²) in [5.74, 6) is 0.248. The van der Waals surface area contributed by atoms with Gasteiger partial charge in [0, 0.05) is 5.75 Å². The first-order chi connectivity index (χ1) is 7.72. The van der Waals surface area contributed by atoms with Crippen molar-refractivity contribution in [3.05, 3.63) is 35.4 Å². The van der Waals surface area contributed by atoms with Gasteiger partial charge in [-0.25, -0.2) is 0 Å². The van der Waals surface area contributed by atoms with Gasteiger partial charge in [-0.15, -0.1) is 12.4 Å². The van der Waals surface area contributed by atoms with Crippen LogP contribution in [0.1, 0.15) is 23.5 Å². The van der Waals surface area contributed by atoms with E-state index in [1.54, 1.807) is 0 Å². The zero-order valence-corrected chi connectivity index (χ0v) is 11.0. The molecule has 1 atom stereocenters. The van der Waals surface area contributed by atoms with E-state index in [-0.39, 0.29) is 35.8 Å². The standard InChI is InChI=1S/C12H14N2OS.ClH/c13-11(7-16)14-12(15)10-6-5-8-3-1-2-4-9(8)10;/h1-4,10,16H,5-7H2,(H2,13,14,15);1H. The molecule has 0 aliphatic heterocycles. The number of benzene rings is 1. The van der Waals surface area contributed by atoms with Crippen LogP contribution in [0.5, 0.6) is 0 Å². The van der Waals surface area contributed by atoms with Crippen LogP contribution in [0, 0.1) is 5.41 Å². The summed E-state index contributed by atoms with van der Waals surface area (Å²) in [5.41, 5.74) is 2.35. The van der Waals surface area contributed by atoms with Crippen LogP contribution < -0.4 is 5.32 Å². The fourth-order valence-electron chi connectivity index (χ4n) is 2.10. The smallest absolute Gasteiger partial charge is 0.232 e. The molecule has 0 spiro atoms. The third-order valence-electron chi connectivity index (χ3n) is 2.88. The van der Waals surface area contributed by atoms with Crippen LogP contribution in [0.3, 0.4) is 0 Å². The number of fused-ring (bicyclic) bond motifs is 1. The van der Waals surface area contributed by atoms with Crippen molar-refractivity contribution >= 4 is 36.8 Å². The van der Waals surface area contributed by atoms with E-state index in [0.29, 0.717) is 0 Å². The highest BCUT2D eigenvalue weighted by molar-refractivity contribution is 7.81. The van der Waals surface area contributed by atoms with Crippen LogP contribution >= 0.6 is 25.0 Å². The molecule has 0 saturated heterocycles. The highest BCUT2D eigenvalue weighted by Crippen LogP contribution is 2.32. The molecule has 2 N–H and O–H groups in total. The minimum absolute atomic E-state index is 0. The second-order valence-electron chi connectivity index (χ2n) is 3.92. The molecule has 1 aliphatic rings. The van der Waals surface area contributed by atoms with Crippen molar-refractivity contribution in [2.45, 2.75) is 18.8 Å². The number of thiol groups is 1. The highest BCUT2D eigenvalue weighted by atomic mass is 35.5. The number of amidine groups is 1. The molecule has 92 valence electrons. The zero-order chi connectivity index (χ0) is 11.5. The van der Waals surface area contributed by atoms with E-state index < -0.39 is 0 Å². The highest BCUT2D eigenvalue weighted by Gasteiger charge is 2.28. The first-order valence-corrected chi connectivity index (χ1v) is 5.92. The van der Waals surface area contributed by atoms with Gasteiger partial charge in [-0.2, -0.15) is 12.6 Å². The van der Waals surface area contributed by atoms with Crippen molar-refractivity contribution < 1.29 is 4.79 Å². The summed E-state index contributed by atoms with van der Waals surface area (Å²) in [6.45, 7) is 0. The van der Waals surface area contributed by atoms with Gasteiger partial charge in [-0.3, -0.25) is 10.2 Å². The second-order valence-corrected chi connectivity index (χ2v) is 4.23. The van der Waals surface area contributed by atoms with Crippen LogP contribution in [0.2, 0.25) is 0 Å². The maximum Gasteiger partial charge on any atom is 0.232 e. The molecular weight excluding hydrogens is 256 g/mol. The van der Waals surface area contributed by atoms with Gasteiger partial charge in [0.25, 0.3) is 0 Å². The Kier molecular flexibility index (Phi) is 5.02. The van der Waals surface area contributed by atoms with Gasteiger partial charge in [0.15, 0.2) is 0 Å². The van der Waals surface area contributed by atoms with Gasteiger partial charge >= 0.3 is 0 Å². The Labute approximate surface area is 112 Å². The van der Waals surface area contributed by atoms with Crippen molar-refractivity contribution in [1.29, 1.82) is 5.41 Å². The van der Waals surface area contributed by atoms with Gasteiger partial charge in [0.05, 0.1) is 5.92 Å². The maximum atomic E-state index is 11.9. The van der Waals surface area contributed by atoms with Crippen molar-refractivity contribution in [2.24, 2.45) is 0 Å². The van der Waals surface area contributed by atoms with Crippen LogP contribution in [-0.2, 0) is 11.2 Å². The first kappa shape index (κ1) is 14.1. The largest absolute Gasteiger partial charge is 0.313 e. The fraction of sp³-hybridized carbons (Fsp3) is 0.333. The molecule has 0 heterocycles. The van der Waals surface area contributed by atoms with E-state index in [1.807, 2.05) is 18.2 Å². The summed E-state index contributed by atoms with van der Waals surface area (Å²) in [6, 6.07) is 8.01. The molecule has 1 unspecified atom stereocenters. The Morgan fingerprint density at radius 2 is 2.18 bits per heavy atom. The number of aryl methyl sites for hydroxylation is 1. The number of carbonyl (C=O) groups excluding carboxylic acids is 1. The Morgan fingerprint density at radius 3 is 2.88 bits per heavy atom. The van der Waals surface area contributed by atoms with E-state index in [2.05, 4.69) is 24.0 Å². The summed E-state index contributed by atoms with van der Waals surface area (Å²) in [7, 11) is 0. The quantitative estimate of drug-likeness (QED) is 0.431. The zero-order valence-electron chi connectivity index (χ0n) is 9.27. The van der Waals surface area contributed by atoms with Gasteiger partial charge < -0.3 is 5.32 Å². The number of amides is 1. The molecule has 1 aromatic rings. The van der Waals surface area contributed by atoms with Crippen molar-refractivity contribution in [3.8, 4) is 0 Å². The minimum Gasteiger partial charge on any atom is -0.313 e. The van der Waals surface area contributed by atoms with E-state index >= 15 is 0 Å². The monoisotopic (exact) mass is 270 g/mol. The Balaban J connectivity index is 0.00000144. The van der Waals surface area contributed by atoms with Gasteiger partial charge in [0.2, 0.25) is 5.91 Å². The van der Waals surface area contributed by atoms with Gasteiger partial charge in [-0.05, 0) is 24.0 Å². The molecule has 2 rings (SSSR count). The van der Waals surface area contributed by atoms with Crippen LogP contribution in [0.4, 0.5) is 0 Å². The van der Waals surface area contributed by atoms with Crippen molar-refractivity contribution in [2.75, 3.05) is 5.75 Å². The SMILES string of the molecule is Cl.N=C(CS)NC(=O)C1CCc2ccccc21. The van der Waals surface area contributed by atoms with Crippen LogP contribution in [0.15, 0.2) is 24.3 Å². The second kappa shape index (κ2) is 6.07. The number of hydrogen-bond acceptors (Lipinski definition) is 3. The van der Waals surface area contributed by atoms with Gasteiger partial charge in [0.1, 0.15) is 5.84 Å². The maximum absolute atomic E-state index is 11.9. The lowest BCUT2D eigenvalue weighted by Gasteiger charge is -2.11. The molecular formula is C12H15ClN2OS. The van der Waals surface area contributed by atoms with Crippen molar-refractivity contribution in [3.63, 3.8) is 0 Å². The molecule has 0 aromatic heterocycles. The number of halogens is 1. The predicted molar refractivity (Wildman–Crippen MR) is 74.5 cm³/mol. The molecule has 1 aromatic carbocycles. The van der Waals surface area contributed by atoms with E-state index in [1.165, 1.54) is 5.56 Å². The summed E-state index contributed by atoms with van der Waals surface area (Å²) in [4.78, 5) is 11.9. The Bertz CT molecular complexity index is 436. The average molecular weight is 271 g/mol. The molecule has 3 nitrogen and oxygen atoms in total. The van der Waals surface area contributed by atoms with Gasteiger partial charge in [-0.1, -0.05) is 24.3 Å². The molecule has 1 amide bonds. The van der Waals surface area contributed by atoms with E-state index in [9.17, 15) is 4.79 Å². The average Bonchev–Trinajstić information content (AvgIpc) is 2.72. The minimum atomic E-state index is -0.101. The number of rotatable bonds is 2. The molecule has 0 bridgehead atoms. The topological polar surface area (TPSA) is 53.0 Å². The molecule has 17 heavy (non-hydrogen) atoms. The van der Waals surface area contributed by atoms with E-state index in [0.717, 1.165) is 18.4 Å². The Morgan fingerprint density at radius 1 is 1.47 bits per heavy atom. The molecule has 0 saturated carbocycles. The fourth-order valence-corrected chi connectivity index (χ4v) is 2.18. The summed E-state index contributed by atoms with van der Waals surface area (Å²) in [6.07, 6.45) is 1.79. The summed E-state index contributed by atoms with van der Waals surface area (Å²) in [5, 5.41) is 9.99. The summed E-state index contributed by atoms with van der Waals surface area (Å²) < 4.78 is 0. The van der Waals surface area contributed by atoms with Crippen LogP contribution in [0.25, 0.3) is 0 Å². The lowest BCUT2D eigenvalue weighted by Crippen LogP contribution is -2.34. The van der Waals surface area contributed by atoms with E-state index in [4.69, 9.17) is 5.41 Å². The predicted octanol–water partition coefficient (Wildman–Crippen LogP) is 2.16. The third-order valence-corrected chi connectivity index (χ3v) is 3.20. The molecule has 5 heteroatoms. The normalized spacial score (nSPS) is 16.9. The molecule has 0 radical (unpaired) electrons. The molecule has 0 fully saturated rings. The van der Waals surface area contributed by atoms with Crippen LogP contribution in [-0.4, -0.2) is 17.5 Å². The first-order valence-electron chi connectivity index (χ1n) is 5.29. The number of hydrogen-bond donors (Lipinski definition) is 3.